The quantitative estimate of drug-likeness (QED) is 0.655. The largest absolute Gasteiger partial charge is 0.359 e. The SMILES string of the molecule is Cc1nc(N(C)CCc2ccncc2)cc(N(C)Cc2ccccc2)n1. The Morgan fingerprint density at radius 2 is 1.46 bits per heavy atom. The molecule has 0 spiro atoms. The van der Waals surface area contributed by atoms with Gasteiger partial charge in [-0.3, -0.25) is 4.98 Å². The lowest BCUT2D eigenvalue weighted by Crippen LogP contribution is -2.24. The minimum Gasteiger partial charge on any atom is -0.359 e. The molecule has 0 radical (unpaired) electrons. The van der Waals surface area contributed by atoms with Crippen LogP contribution in [-0.4, -0.2) is 35.6 Å². The maximum absolute atomic E-state index is 4.61. The summed E-state index contributed by atoms with van der Waals surface area (Å²) in [5.41, 5.74) is 2.54. The lowest BCUT2D eigenvalue weighted by atomic mass is 10.2. The van der Waals surface area contributed by atoms with Crippen molar-refractivity contribution in [2.75, 3.05) is 30.4 Å². The normalized spacial score (nSPS) is 10.6. The van der Waals surface area contributed by atoms with E-state index in [4.69, 9.17) is 0 Å². The minimum atomic E-state index is 0.785. The third kappa shape index (κ3) is 4.79. The molecule has 0 bridgehead atoms. The molecule has 0 fully saturated rings. The van der Waals surface area contributed by atoms with E-state index in [0.29, 0.717) is 0 Å². The molecule has 134 valence electrons. The molecule has 5 nitrogen and oxygen atoms in total. The van der Waals surface area contributed by atoms with Crippen LogP contribution in [0.5, 0.6) is 0 Å². The van der Waals surface area contributed by atoms with Crippen LogP contribution in [0, 0.1) is 6.92 Å². The van der Waals surface area contributed by atoms with Crippen molar-refractivity contribution in [1.29, 1.82) is 0 Å². The number of likely N-dealkylation sites (N-methyl/N-ethyl adjacent to an activating group) is 1. The molecule has 0 aliphatic carbocycles. The fourth-order valence-electron chi connectivity index (χ4n) is 2.83. The van der Waals surface area contributed by atoms with E-state index in [9.17, 15) is 0 Å². The summed E-state index contributed by atoms with van der Waals surface area (Å²) >= 11 is 0. The van der Waals surface area contributed by atoms with Gasteiger partial charge in [-0.05, 0) is 36.6 Å². The number of hydrogen-bond acceptors (Lipinski definition) is 5. The fraction of sp³-hybridized carbons (Fsp3) is 0.286. The summed E-state index contributed by atoms with van der Waals surface area (Å²) in [5.74, 6) is 2.67. The molecular formula is C21H25N5. The topological polar surface area (TPSA) is 45.2 Å². The van der Waals surface area contributed by atoms with Crippen molar-refractivity contribution >= 4 is 11.6 Å². The van der Waals surface area contributed by atoms with Gasteiger partial charge in [-0.15, -0.1) is 0 Å². The van der Waals surface area contributed by atoms with Crippen molar-refractivity contribution in [3.63, 3.8) is 0 Å². The van der Waals surface area contributed by atoms with Crippen molar-refractivity contribution in [2.24, 2.45) is 0 Å². The summed E-state index contributed by atoms with van der Waals surface area (Å²) in [6.45, 7) is 3.65. The first-order valence-corrected chi connectivity index (χ1v) is 8.82. The Kier molecular flexibility index (Phi) is 5.79. The number of aromatic nitrogens is 3. The first kappa shape index (κ1) is 17.9. The highest BCUT2D eigenvalue weighted by atomic mass is 15.2. The van der Waals surface area contributed by atoms with Crippen molar-refractivity contribution in [1.82, 2.24) is 15.0 Å². The molecule has 26 heavy (non-hydrogen) atoms. The Bertz CT molecular complexity index is 820. The van der Waals surface area contributed by atoms with Crippen LogP contribution in [0.2, 0.25) is 0 Å². The van der Waals surface area contributed by atoms with Crippen LogP contribution in [0.3, 0.4) is 0 Å². The van der Waals surface area contributed by atoms with Crippen LogP contribution in [0.4, 0.5) is 11.6 Å². The zero-order valence-electron chi connectivity index (χ0n) is 15.6. The van der Waals surface area contributed by atoms with Gasteiger partial charge in [0.25, 0.3) is 0 Å². The molecule has 1 aromatic carbocycles. The monoisotopic (exact) mass is 347 g/mol. The van der Waals surface area contributed by atoms with Crippen LogP contribution in [0.1, 0.15) is 17.0 Å². The Balaban J connectivity index is 1.70. The second-order valence-electron chi connectivity index (χ2n) is 6.50. The number of rotatable bonds is 7. The number of benzene rings is 1. The molecule has 2 aromatic heterocycles. The van der Waals surface area contributed by atoms with Gasteiger partial charge in [0.1, 0.15) is 17.5 Å². The van der Waals surface area contributed by atoms with Crippen LogP contribution in [0.25, 0.3) is 0 Å². The molecule has 3 aromatic rings. The van der Waals surface area contributed by atoms with Crippen molar-refractivity contribution in [3.05, 3.63) is 77.9 Å². The molecule has 3 rings (SSSR count). The first-order chi connectivity index (χ1) is 12.6. The van der Waals surface area contributed by atoms with Gasteiger partial charge >= 0.3 is 0 Å². The maximum atomic E-state index is 4.61. The lowest BCUT2D eigenvalue weighted by Gasteiger charge is -2.23. The third-order valence-corrected chi connectivity index (χ3v) is 4.34. The van der Waals surface area contributed by atoms with Crippen molar-refractivity contribution < 1.29 is 0 Å². The predicted molar refractivity (Wildman–Crippen MR) is 107 cm³/mol. The summed E-state index contributed by atoms with van der Waals surface area (Å²) in [5, 5.41) is 0. The Labute approximate surface area is 155 Å². The molecule has 0 atom stereocenters. The number of nitrogens with zero attached hydrogens (tertiary/aromatic N) is 5. The Morgan fingerprint density at radius 1 is 0.808 bits per heavy atom. The molecule has 0 aliphatic rings. The molecule has 0 N–H and O–H groups in total. The number of hydrogen-bond donors (Lipinski definition) is 0. The Morgan fingerprint density at radius 3 is 2.15 bits per heavy atom. The Hall–Kier alpha value is -2.95. The smallest absolute Gasteiger partial charge is 0.134 e. The lowest BCUT2D eigenvalue weighted by molar-refractivity contribution is 0.833. The molecule has 0 aliphatic heterocycles. The first-order valence-electron chi connectivity index (χ1n) is 8.82. The predicted octanol–water partition coefficient (Wildman–Crippen LogP) is 3.50. The van der Waals surface area contributed by atoms with Gasteiger partial charge in [-0.1, -0.05) is 30.3 Å². The van der Waals surface area contributed by atoms with Crippen LogP contribution >= 0.6 is 0 Å². The molecular weight excluding hydrogens is 322 g/mol. The standard InChI is InChI=1S/C21H25N5/c1-17-23-20(25(2)14-11-18-9-12-22-13-10-18)15-21(24-17)26(3)16-19-7-5-4-6-8-19/h4-10,12-13,15H,11,14,16H2,1-3H3. The van der Waals surface area contributed by atoms with Gasteiger partial charge in [0.05, 0.1) is 0 Å². The second kappa shape index (κ2) is 8.43. The minimum absolute atomic E-state index is 0.785. The molecule has 0 saturated heterocycles. The van der Waals surface area contributed by atoms with Gasteiger partial charge in [-0.2, -0.15) is 0 Å². The van der Waals surface area contributed by atoms with E-state index in [1.165, 1.54) is 11.1 Å². The van der Waals surface area contributed by atoms with Crippen LogP contribution < -0.4 is 9.80 Å². The van der Waals surface area contributed by atoms with E-state index in [0.717, 1.165) is 37.0 Å². The molecule has 0 amide bonds. The zero-order valence-corrected chi connectivity index (χ0v) is 15.6. The summed E-state index contributed by atoms with van der Waals surface area (Å²) < 4.78 is 0. The van der Waals surface area contributed by atoms with E-state index in [-0.39, 0.29) is 0 Å². The van der Waals surface area contributed by atoms with Crippen molar-refractivity contribution in [3.8, 4) is 0 Å². The molecule has 0 saturated carbocycles. The van der Waals surface area contributed by atoms with Crippen LogP contribution in [-0.2, 0) is 13.0 Å². The number of anilines is 2. The second-order valence-corrected chi connectivity index (χ2v) is 6.50. The highest BCUT2D eigenvalue weighted by Gasteiger charge is 2.10. The van der Waals surface area contributed by atoms with E-state index in [1.54, 1.807) is 0 Å². The van der Waals surface area contributed by atoms with E-state index in [2.05, 4.69) is 81.3 Å². The molecule has 2 heterocycles. The molecule has 0 unspecified atom stereocenters. The summed E-state index contributed by atoms with van der Waals surface area (Å²) in [6, 6.07) is 16.6. The van der Waals surface area contributed by atoms with Gasteiger partial charge in [0.2, 0.25) is 0 Å². The fourth-order valence-corrected chi connectivity index (χ4v) is 2.83. The number of aryl methyl sites for hydroxylation is 1. The highest BCUT2D eigenvalue weighted by molar-refractivity contribution is 5.50. The average molecular weight is 347 g/mol. The third-order valence-electron chi connectivity index (χ3n) is 4.34. The van der Waals surface area contributed by atoms with Crippen molar-refractivity contribution in [2.45, 2.75) is 19.9 Å². The van der Waals surface area contributed by atoms with Gasteiger partial charge in [-0.25, -0.2) is 9.97 Å². The zero-order chi connectivity index (χ0) is 18.4. The molecule has 5 heteroatoms. The van der Waals surface area contributed by atoms with E-state index in [1.807, 2.05) is 25.4 Å². The maximum Gasteiger partial charge on any atom is 0.134 e. The van der Waals surface area contributed by atoms with E-state index < -0.39 is 0 Å². The van der Waals surface area contributed by atoms with Gasteiger partial charge in [0, 0.05) is 45.6 Å². The van der Waals surface area contributed by atoms with E-state index >= 15 is 0 Å². The average Bonchev–Trinajstić information content (AvgIpc) is 2.67. The highest BCUT2D eigenvalue weighted by Crippen LogP contribution is 2.19. The summed E-state index contributed by atoms with van der Waals surface area (Å²) in [6.07, 6.45) is 4.62. The summed E-state index contributed by atoms with van der Waals surface area (Å²) in [7, 11) is 4.14. The number of pyridine rings is 1. The van der Waals surface area contributed by atoms with Gasteiger partial charge < -0.3 is 9.80 Å². The van der Waals surface area contributed by atoms with Gasteiger partial charge in [0.15, 0.2) is 0 Å². The summed E-state index contributed by atoms with van der Waals surface area (Å²) in [4.78, 5) is 17.6. The van der Waals surface area contributed by atoms with Crippen LogP contribution in [0.15, 0.2) is 60.9 Å².